The molecule has 1 aromatic carbocycles. The maximum atomic E-state index is 6.00. The molecule has 2 aromatic heterocycles. The molecular formula is C24H30N6O. The van der Waals surface area contributed by atoms with Crippen LogP contribution in [0, 0.1) is 6.92 Å². The Labute approximate surface area is 183 Å². The molecule has 1 unspecified atom stereocenters. The number of hydrogen-bond donors (Lipinski definition) is 2. The maximum absolute atomic E-state index is 6.00. The van der Waals surface area contributed by atoms with Gasteiger partial charge in [0.1, 0.15) is 5.82 Å². The SMILES string of the molecule is CCc1nc(CN2CCC3(COCc4cnc(NCc5ccccc5)nc43)C2)c(C)[nH]1. The van der Waals surface area contributed by atoms with E-state index in [-0.39, 0.29) is 5.41 Å². The van der Waals surface area contributed by atoms with E-state index in [1.165, 1.54) is 11.3 Å². The van der Waals surface area contributed by atoms with Gasteiger partial charge < -0.3 is 15.0 Å². The lowest BCUT2D eigenvalue weighted by Gasteiger charge is -2.34. The number of fused-ring (bicyclic) bond motifs is 2. The van der Waals surface area contributed by atoms with Gasteiger partial charge in [-0.15, -0.1) is 0 Å². The lowest BCUT2D eigenvalue weighted by atomic mass is 9.80. The second kappa shape index (κ2) is 8.40. The lowest BCUT2D eigenvalue weighted by Crippen LogP contribution is -2.40. The Balaban J connectivity index is 1.33. The van der Waals surface area contributed by atoms with Gasteiger partial charge in [0.05, 0.1) is 30.0 Å². The Kier molecular flexibility index (Phi) is 5.46. The summed E-state index contributed by atoms with van der Waals surface area (Å²) in [4.78, 5) is 20.2. The van der Waals surface area contributed by atoms with Crippen LogP contribution in [0.15, 0.2) is 36.5 Å². The fraction of sp³-hybridized carbons (Fsp3) is 0.458. The van der Waals surface area contributed by atoms with Crippen molar-refractivity contribution in [2.45, 2.75) is 51.8 Å². The van der Waals surface area contributed by atoms with E-state index in [4.69, 9.17) is 14.7 Å². The number of likely N-dealkylation sites (tertiary alicyclic amines) is 1. The van der Waals surface area contributed by atoms with Crippen LogP contribution < -0.4 is 5.32 Å². The molecule has 2 N–H and O–H groups in total. The van der Waals surface area contributed by atoms with E-state index in [0.29, 0.717) is 25.7 Å². The van der Waals surface area contributed by atoms with E-state index in [0.717, 1.165) is 55.3 Å². The number of benzene rings is 1. The third-order valence-corrected chi connectivity index (χ3v) is 6.47. The summed E-state index contributed by atoms with van der Waals surface area (Å²) in [7, 11) is 0. The standard InChI is InChI=1S/C24H30N6O/c1-3-21-27-17(2)20(28-21)13-30-10-9-24(15-30)16-31-14-19-12-26-23(29-22(19)24)25-11-18-7-5-4-6-8-18/h4-8,12H,3,9-11,13-16H2,1-2H3,(H,27,28)(H,25,26,29). The summed E-state index contributed by atoms with van der Waals surface area (Å²) < 4.78 is 6.00. The fourth-order valence-corrected chi connectivity index (χ4v) is 4.76. The number of ether oxygens (including phenoxy) is 1. The molecule has 2 aliphatic heterocycles. The van der Waals surface area contributed by atoms with Crippen LogP contribution in [-0.4, -0.2) is 44.5 Å². The minimum absolute atomic E-state index is 0.0719. The van der Waals surface area contributed by atoms with Gasteiger partial charge in [0, 0.05) is 43.5 Å². The molecule has 7 heteroatoms. The monoisotopic (exact) mass is 418 g/mol. The summed E-state index contributed by atoms with van der Waals surface area (Å²) in [5.41, 5.74) is 5.74. The number of aromatic nitrogens is 4. The number of anilines is 1. The van der Waals surface area contributed by atoms with E-state index < -0.39 is 0 Å². The van der Waals surface area contributed by atoms with Gasteiger partial charge in [-0.25, -0.2) is 15.0 Å². The van der Waals surface area contributed by atoms with E-state index in [1.807, 2.05) is 12.3 Å². The number of aryl methyl sites for hydroxylation is 2. The van der Waals surface area contributed by atoms with Crippen LogP contribution in [-0.2, 0) is 36.3 Å². The number of nitrogens with one attached hydrogen (secondary N) is 2. The Bertz CT molecular complexity index is 1050. The average Bonchev–Trinajstić information content (AvgIpc) is 3.37. The lowest BCUT2D eigenvalue weighted by molar-refractivity contribution is 0.0502. The molecule has 4 heterocycles. The topological polar surface area (TPSA) is 79.0 Å². The molecule has 31 heavy (non-hydrogen) atoms. The zero-order valence-electron chi connectivity index (χ0n) is 18.3. The highest BCUT2D eigenvalue weighted by atomic mass is 16.5. The van der Waals surface area contributed by atoms with E-state index >= 15 is 0 Å². The number of hydrogen-bond acceptors (Lipinski definition) is 6. The molecule has 1 fully saturated rings. The number of rotatable bonds is 6. The van der Waals surface area contributed by atoms with Crippen molar-refractivity contribution in [1.29, 1.82) is 0 Å². The largest absolute Gasteiger partial charge is 0.376 e. The van der Waals surface area contributed by atoms with Crippen LogP contribution in [0.3, 0.4) is 0 Å². The van der Waals surface area contributed by atoms with Gasteiger partial charge in [0.25, 0.3) is 0 Å². The Morgan fingerprint density at radius 3 is 2.90 bits per heavy atom. The van der Waals surface area contributed by atoms with Crippen molar-refractivity contribution in [3.05, 3.63) is 70.6 Å². The summed E-state index contributed by atoms with van der Waals surface area (Å²) in [6.07, 6.45) is 3.91. The molecular weight excluding hydrogens is 388 g/mol. The molecule has 3 aromatic rings. The van der Waals surface area contributed by atoms with E-state index in [9.17, 15) is 0 Å². The highest BCUT2D eigenvalue weighted by Crippen LogP contribution is 2.39. The molecule has 7 nitrogen and oxygen atoms in total. The summed E-state index contributed by atoms with van der Waals surface area (Å²) in [5.74, 6) is 1.76. The summed E-state index contributed by atoms with van der Waals surface area (Å²) in [6.45, 7) is 9.09. The molecule has 0 bridgehead atoms. The zero-order valence-corrected chi connectivity index (χ0v) is 18.3. The van der Waals surface area contributed by atoms with Gasteiger partial charge in [-0.2, -0.15) is 0 Å². The Morgan fingerprint density at radius 2 is 2.10 bits per heavy atom. The highest BCUT2D eigenvalue weighted by molar-refractivity contribution is 5.37. The minimum Gasteiger partial charge on any atom is -0.376 e. The molecule has 0 aliphatic carbocycles. The molecule has 0 amide bonds. The van der Waals surface area contributed by atoms with Gasteiger partial charge in [-0.05, 0) is 25.5 Å². The second-order valence-corrected chi connectivity index (χ2v) is 8.75. The van der Waals surface area contributed by atoms with Crippen molar-refractivity contribution < 1.29 is 4.74 Å². The Morgan fingerprint density at radius 1 is 1.23 bits per heavy atom. The van der Waals surface area contributed by atoms with Crippen molar-refractivity contribution in [2.24, 2.45) is 0 Å². The molecule has 1 saturated heterocycles. The van der Waals surface area contributed by atoms with Crippen LogP contribution in [0.1, 0.15) is 47.4 Å². The number of nitrogens with zero attached hydrogens (tertiary/aromatic N) is 4. The first-order valence-corrected chi connectivity index (χ1v) is 11.1. The maximum Gasteiger partial charge on any atom is 0.223 e. The first-order chi connectivity index (χ1) is 15.1. The Hall–Kier alpha value is -2.77. The zero-order chi connectivity index (χ0) is 21.3. The summed E-state index contributed by atoms with van der Waals surface area (Å²) in [5, 5.41) is 3.39. The van der Waals surface area contributed by atoms with Crippen molar-refractivity contribution in [2.75, 3.05) is 25.0 Å². The van der Waals surface area contributed by atoms with E-state index in [1.54, 1.807) is 0 Å². The molecule has 5 rings (SSSR count). The van der Waals surface area contributed by atoms with Gasteiger partial charge in [0.2, 0.25) is 5.95 Å². The molecule has 162 valence electrons. The fourth-order valence-electron chi connectivity index (χ4n) is 4.76. The van der Waals surface area contributed by atoms with Crippen LogP contribution in [0.4, 0.5) is 5.95 Å². The highest BCUT2D eigenvalue weighted by Gasteiger charge is 2.45. The van der Waals surface area contributed by atoms with Crippen molar-refractivity contribution in [1.82, 2.24) is 24.8 Å². The number of aromatic amines is 1. The smallest absolute Gasteiger partial charge is 0.223 e. The van der Waals surface area contributed by atoms with Crippen molar-refractivity contribution in [3.8, 4) is 0 Å². The van der Waals surface area contributed by atoms with Crippen LogP contribution in [0.25, 0.3) is 0 Å². The normalized spacial score (nSPS) is 20.8. The predicted molar refractivity (Wildman–Crippen MR) is 120 cm³/mol. The molecule has 1 atom stereocenters. The van der Waals surface area contributed by atoms with E-state index in [2.05, 4.69) is 58.3 Å². The quantitative estimate of drug-likeness (QED) is 0.639. The average molecular weight is 419 g/mol. The predicted octanol–water partition coefficient (Wildman–Crippen LogP) is 3.36. The third kappa shape index (κ3) is 4.07. The second-order valence-electron chi connectivity index (χ2n) is 8.75. The van der Waals surface area contributed by atoms with Gasteiger partial charge >= 0.3 is 0 Å². The van der Waals surface area contributed by atoms with Crippen LogP contribution in [0.2, 0.25) is 0 Å². The van der Waals surface area contributed by atoms with Crippen LogP contribution >= 0.6 is 0 Å². The number of H-pyrrole nitrogens is 1. The third-order valence-electron chi connectivity index (χ3n) is 6.47. The molecule has 0 radical (unpaired) electrons. The minimum atomic E-state index is -0.0719. The summed E-state index contributed by atoms with van der Waals surface area (Å²) >= 11 is 0. The van der Waals surface area contributed by atoms with Crippen molar-refractivity contribution >= 4 is 5.95 Å². The van der Waals surface area contributed by atoms with Crippen LogP contribution in [0.5, 0.6) is 0 Å². The summed E-state index contributed by atoms with van der Waals surface area (Å²) in [6, 6.07) is 10.3. The molecule has 0 saturated carbocycles. The van der Waals surface area contributed by atoms with Gasteiger partial charge in [-0.3, -0.25) is 4.90 Å². The van der Waals surface area contributed by atoms with Gasteiger partial charge in [0.15, 0.2) is 0 Å². The molecule has 2 aliphatic rings. The van der Waals surface area contributed by atoms with Gasteiger partial charge in [-0.1, -0.05) is 37.3 Å². The first kappa shape index (κ1) is 20.2. The number of imidazole rings is 1. The first-order valence-electron chi connectivity index (χ1n) is 11.1. The van der Waals surface area contributed by atoms with Crippen molar-refractivity contribution in [3.63, 3.8) is 0 Å². The molecule has 1 spiro atoms.